The highest BCUT2D eigenvalue weighted by Gasteiger charge is 2.18. The van der Waals surface area contributed by atoms with Gasteiger partial charge in [0.05, 0.1) is 0 Å². The van der Waals surface area contributed by atoms with E-state index >= 15 is 0 Å². The maximum absolute atomic E-state index is 12.9. The van der Waals surface area contributed by atoms with Crippen LogP contribution in [0.5, 0.6) is 5.75 Å². The Bertz CT molecular complexity index is 338. The number of carbonyl (C=O) groups excluding carboxylic acids is 1. The Hall–Kier alpha value is -1.58. The molecule has 0 aliphatic carbocycles. The molecule has 0 saturated heterocycles. The molecule has 0 fully saturated rings. The molecule has 1 aliphatic heterocycles. The minimum Gasteiger partial charge on any atom is -0.481 e. The standard InChI is InChI=1S/C8H6FNO2/c9-5-2-1-3-6-8(5)10-7(11)4-12-6/h1-3H,4H2,(H,10,11). The van der Waals surface area contributed by atoms with Gasteiger partial charge in [0, 0.05) is 0 Å². The normalized spacial score (nSPS) is 14.6. The third-order valence-electron chi connectivity index (χ3n) is 1.60. The topological polar surface area (TPSA) is 38.3 Å². The number of amides is 1. The fourth-order valence-corrected chi connectivity index (χ4v) is 1.06. The lowest BCUT2D eigenvalue weighted by Gasteiger charge is -2.17. The number of hydrogen-bond acceptors (Lipinski definition) is 2. The van der Waals surface area contributed by atoms with Crippen LogP contribution in [0.1, 0.15) is 0 Å². The minimum absolute atomic E-state index is 0.0452. The predicted molar refractivity (Wildman–Crippen MR) is 40.5 cm³/mol. The second-order valence-electron chi connectivity index (χ2n) is 2.45. The highest BCUT2D eigenvalue weighted by molar-refractivity contribution is 5.95. The zero-order chi connectivity index (χ0) is 8.55. The summed E-state index contributed by atoms with van der Waals surface area (Å²) in [6.07, 6.45) is 0. The molecule has 3 nitrogen and oxygen atoms in total. The van der Waals surface area contributed by atoms with Crippen molar-refractivity contribution >= 4 is 11.6 Å². The summed E-state index contributed by atoms with van der Waals surface area (Å²) in [4.78, 5) is 10.8. The Morgan fingerprint density at radius 1 is 1.50 bits per heavy atom. The second kappa shape index (κ2) is 2.48. The monoisotopic (exact) mass is 167 g/mol. The fraction of sp³-hybridized carbons (Fsp3) is 0.125. The summed E-state index contributed by atoms with van der Waals surface area (Å²) in [6, 6.07) is 4.41. The largest absolute Gasteiger partial charge is 0.481 e. The van der Waals surface area contributed by atoms with Gasteiger partial charge in [-0.1, -0.05) is 6.07 Å². The number of halogens is 1. The van der Waals surface area contributed by atoms with Crippen molar-refractivity contribution in [2.45, 2.75) is 0 Å². The first-order chi connectivity index (χ1) is 5.77. The molecule has 0 radical (unpaired) electrons. The third kappa shape index (κ3) is 1.01. The third-order valence-corrected chi connectivity index (χ3v) is 1.60. The minimum atomic E-state index is -0.472. The van der Waals surface area contributed by atoms with Crippen molar-refractivity contribution in [1.82, 2.24) is 0 Å². The summed E-state index contributed by atoms with van der Waals surface area (Å²) in [6.45, 7) is -0.0452. The van der Waals surface area contributed by atoms with Gasteiger partial charge in [-0.25, -0.2) is 4.39 Å². The smallest absolute Gasteiger partial charge is 0.262 e. The van der Waals surface area contributed by atoms with Crippen molar-refractivity contribution in [3.63, 3.8) is 0 Å². The lowest BCUT2D eigenvalue weighted by Crippen LogP contribution is -2.26. The average Bonchev–Trinajstić information content (AvgIpc) is 2.07. The van der Waals surface area contributed by atoms with Gasteiger partial charge in [-0.05, 0) is 12.1 Å². The van der Waals surface area contributed by atoms with Crippen LogP contribution in [0, 0.1) is 5.82 Å². The number of nitrogens with one attached hydrogen (secondary N) is 1. The Morgan fingerprint density at radius 3 is 3.17 bits per heavy atom. The first kappa shape index (κ1) is 7.09. The number of carbonyl (C=O) groups is 1. The Kier molecular flexibility index (Phi) is 1.46. The van der Waals surface area contributed by atoms with E-state index in [4.69, 9.17) is 4.74 Å². The number of hydrogen-bond donors (Lipinski definition) is 1. The second-order valence-corrected chi connectivity index (χ2v) is 2.45. The van der Waals surface area contributed by atoms with Crippen LogP contribution in [0.25, 0.3) is 0 Å². The molecular weight excluding hydrogens is 161 g/mol. The summed E-state index contributed by atoms with van der Waals surface area (Å²) < 4.78 is 17.9. The Balaban J connectivity index is 2.50. The highest BCUT2D eigenvalue weighted by atomic mass is 19.1. The maximum atomic E-state index is 12.9. The van der Waals surface area contributed by atoms with Gasteiger partial charge in [0.2, 0.25) is 0 Å². The van der Waals surface area contributed by atoms with E-state index in [1.54, 1.807) is 6.07 Å². The maximum Gasteiger partial charge on any atom is 0.262 e. The van der Waals surface area contributed by atoms with Gasteiger partial charge in [-0.15, -0.1) is 0 Å². The van der Waals surface area contributed by atoms with Gasteiger partial charge in [0.25, 0.3) is 5.91 Å². The van der Waals surface area contributed by atoms with Gasteiger partial charge in [0.15, 0.2) is 12.4 Å². The molecule has 2 rings (SSSR count). The number of rotatable bonds is 0. The molecule has 0 saturated carbocycles. The van der Waals surface area contributed by atoms with E-state index in [0.29, 0.717) is 5.75 Å². The van der Waals surface area contributed by atoms with Crippen LogP contribution in [-0.2, 0) is 4.79 Å². The van der Waals surface area contributed by atoms with E-state index in [2.05, 4.69) is 5.32 Å². The molecule has 0 bridgehead atoms. The van der Waals surface area contributed by atoms with Crippen LogP contribution in [0.15, 0.2) is 18.2 Å². The van der Waals surface area contributed by atoms with E-state index in [-0.39, 0.29) is 18.2 Å². The van der Waals surface area contributed by atoms with Gasteiger partial charge in [0.1, 0.15) is 11.4 Å². The van der Waals surface area contributed by atoms with Gasteiger partial charge in [-0.2, -0.15) is 0 Å². The summed E-state index contributed by atoms with van der Waals surface area (Å²) in [7, 11) is 0. The van der Waals surface area contributed by atoms with Crippen LogP contribution >= 0.6 is 0 Å². The Morgan fingerprint density at radius 2 is 2.33 bits per heavy atom. The molecule has 0 unspecified atom stereocenters. The molecular formula is C8H6FNO2. The number of para-hydroxylation sites is 1. The molecule has 62 valence electrons. The molecule has 1 aromatic carbocycles. The first-order valence-corrected chi connectivity index (χ1v) is 3.48. The zero-order valence-electron chi connectivity index (χ0n) is 6.13. The molecule has 1 amide bonds. The number of benzene rings is 1. The predicted octanol–water partition coefficient (Wildman–Crippen LogP) is 1.16. The van der Waals surface area contributed by atoms with Crippen molar-refractivity contribution < 1.29 is 13.9 Å². The molecule has 4 heteroatoms. The lowest BCUT2D eigenvalue weighted by molar-refractivity contribution is -0.118. The molecule has 1 aliphatic rings. The molecule has 12 heavy (non-hydrogen) atoms. The lowest BCUT2D eigenvalue weighted by atomic mass is 10.2. The molecule has 1 N–H and O–H groups in total. The van der Waals surface area contributed by atoms with Crippen molar-refractivity contribution in [3.05, 3.63) is 24.0 Å². The zero-order valence-corrected chi connectivity index (χ0v) is 6.13. The van der Waals surface area contributed by atoms with Gasteiger partial charge < -0.3 is 10.1 Å². The van der Waals surface area contributed by atoms with Crippen LogP contribution in [0.3, 0.4) is 0 Å². The van der Waals surface area contributed by atoms with E-state index in [1.165, 1.54) is 12.1 Å². The number of anilines is 1. The summed E-state index contributed by atoms with van der Waals surface area (Å²) in [5, 5.41) is 2.39. The van der Waals surface area contributed by atoms with Gasteiger partial charge in [-0.3, -0.25) is 4.79 Å². The van der Waals surface area contributed by atoms with Crippen LogP contribution in [0.4, 0.5) is 10.1 Å². The van der Waals surface area contributed by atoms with E-state index < -0.39 is 5.82 Å². The summed E-state index contributed by atoms with van der Waals surface area (Å²) in [5.41, 5.74) is 0.133. The molecule has 0 aromatic heterocycles. The Labute approximate surface area is 68.1 Å². The fourth-order valence-electron chi connectivity index (χ4n) is 1.06. The molecule has 0 atom stereocenters. The SMILES string of the molecule is O=C1COc2cccc(F)c2N1. The average molecular weight is 167 g/mol. The first-order valence-electron chi connectivity index (χ1n) is 3.48. The molecule has 0 spiro atoms. The van der Waals surface area contributed by atoms with Crippen molar-refractivity contribution in [1.29, 1.82) is 0 Å². The summed E-state index contributed by atoms with van der Waals surface area (Å²) >= 11 is 0. The van der Waals surface area contributed by atoms with Crippen molar-refractivity contribution in [2.24, 2.45) is 0 Å². The van der Waals surface area contributed by atoms with Gasteiger partial charge >= 0.3 is 0 Å². The molecule has 1 heterocycles. The van der Waals surface area contributed by atoms with E-state index in [1.807, 2.05) is 0 Å². The quantitative estimate of drug-likeness (QED) is 0.629. The van der Waals surface area contributed by atoms with E-state index in [9.17, 15) is 9.18 Å². The van der Waals surface area contributed by atoms with Crippen LogP contribution < -0.4 is 10.1 Å². The number of ether oxygens (including phenoxy) is 1. The number of fused-ring (bicyclic) bond motifs is 1. The van der Waals surface area contributed by atoms with Crippen LogP contribution in [-0.4, -0.2) is 12.5 Å². The van der Waals surface area contributed by atoms with Crippen molar-refractivity contribution in [3.8, 4) is 5.75 Å². The summed E-state index contributed by atoms with van der Waals surface area (Å²) in [5.74, 6) is -0.414. The molecule has 1 aromatic rings. The van der Waals surface area contributed by atoms with E-state index in [0.717, 1.165) is 0 Å². The van der Waals surface area contributed by atoms with Crippen molar-refractivity contribution in [2.75, 3.05) is 11.9 Å². The van der Waals surface area contributed by atoms with Crippen LogP contribution in [0.2, 0.25) is 0 Å². The highest BCUT2D eigenvalue weighted by Crippen LogP contribution is 2.29.